The topological polar surface area (TPSA) is 39.8 Å². The quantitative estimate of drug-likeness (QED) is 0.249. The van der Waals surface area contributed by atoms with E-state index < -0.39 is 0 Å². The zero-order valence-corrected chi connectivity index (χ0v) is 13.2. The second-order valence-electron chi connectivity index (χ2n) is 1.92. The predicted molar refractivity (Wildman–Crippen MR) is 63.7 cm³/mol. The molecule has 0 unspecified atom stereocenters. The molecule has 2 aliphatic carbocycles. The van der Waals surface area contributed by atoms with E-state index in [1.165, 1.54) is 0 Å². The van der Waals surface area contributed by atoms with Crippen LogP contribution in [0.1, 0.15) is 2.74 Å². The van der Waals surface area contributed by atoms with Gasteiger partial charge in [0.25, 0.3) is 0 Å². The summed E-state index contributed by atoms with van der Waals surface area (Å²) >= 11 is 0. The number of rotatable bonds is 0. The van der Waals surface area contributed by atoms with Gasteiger partial charge in [-0.15, -0.1) is 0 Å². The van der Waals surface area contributed by atoms with E-state index in [0.717, 1.165) is 0 Å². The van der Waals surface area contributed by atoms with Crippen molar-refractivity contribution in [2.45, 2.75) is 0 Å². The molecule has 2 fully saturated rings. The first-order valence-corrected chi connectivity index (χ1v) is 3.74. The van der Waals surface area contributed by atoms with E-state index >= 15 is 0 Å². The van der Waals surface area contributed by atoms with E-state index in [0.29, 0.717) is 0 Å². The normalized spacial score (nSPS) is 14.3. The van der Waals surface area contributed by atoms with Crippen LogP contribution in [0.4, 0.5) is 0 Å². The minimum atomic E-state index is 0. The SMILES string of the molecule is [13C-]#[O+].[13C-]#[O+].[2H][13CH2-].[2H][CH2-].[CH]1[CH][CH][CH][CH]1.[CH]1[CH][CH][CH][CH]1.[Ru+3].[Ru+]. The Bertz CT molecular complexity index is 106. The van der Waals surface area contributed by atoms with Gasteiger partial charge in [-0.25, -0.2) is 2.74 Å². The largest absolute Gasteiger partial charge is 3.00 e. The molecule has 0 heterocycles. The second kappa shape index (κ2) is 43.1. The first-order chi connectivity index (χ1) is 9.00. The molecular weight excluding hydrogens is 405 g/mol. The molecule has 4 heteroatoms. The van der Waals surface area contributed by atoms with Crippen LogP contribution in [0.25, 0.3) is 0 Å². The van der Waals surface area contributed by atoms with Gasteiger partial charge in [0, 0.05) is 0 Å². The van der Waals surface area contributed by atoms with Crippen molar-refractivity contribution in [3.05, 3.63) is 92.3 Å². The molecule has 18 heavy (non-hydrogen) atoms. The van der Waals surface area contributed by atoms with Gasteiger partial charge >= 0.3 is 61.6 Å². The van der Waals surface area contributed by atoms with E-state index in [4.69, 9.17) is 12.0 Å². The van der Waals surface area contributed by atoms with Crippen LogP contribution in [0.3, 0.4) is 0 Å². The van der Waals surface area contributed by atoms with Gasteiger partial charge in [0.2, 0.25) is 0 Å². The van der Waals surface area contributed by atoms with Crippen LogP contribution in [-0.2, 0) is 48.3 Å². The summed E-state index contributed by atoms with van der Waals surface area (Å²) in [5, 5.41) is 0. The summed E-state index contributed by atoms with van der Waals surface area (Å²) in [6.45, 7) is 9.00. The van der Waals surface area contributed by atoms with Crippen molar-refractivity contribution in [1.82, 2.24) is 0 Å². The minimum Gasteiger partial charge on any atom is -0.358 e. The maximum absolute atomic E-state index is 7.50. The summed E-state index contributed by atoms with van der Waals surface area (Å²) in [5.74, 6) is 0. The van der Waals surface area contributed by atoms with Crippen LogP contribution >= 0.6 is 0 Å². The van der Waals surface area contributed by atoms with E-state index in [9.17, 15) is 0 Å². The molecule has 0 amide bonds. The van der Waals surface area contributed by atoms with Crippen molar-refractivity contribution < 1.29 is 51.0 Å². The Hall–Kier alpha value is 0.727. The molecular formula is C14H16O2Ru2+2. The first kappa shape index (κ1) is 27.1. The van der Waals surface area contributed by atoms with Crippen LogP contribution in [0.2, 0.25) is 0 Å². The predicted octanol–water partition coefficient (Wildman–Crippen LogP) is 2.86. The van der Waals surface area contributed by atoms with Crippen molar-refractivity contribution in [3.8, 4) is 0 Å². The van der Waals surface area contributed by atoms with Crippen LogP contribution in [0, 0.1) is 92.3 Å². The minimum absolute atomic E-state index is 0. The maximum atomic E-state index is 7.50. The number of hydrogen-bond donors (Lipinski definition) is 0. The molecule has 2 aliphatic rings. The molecule has 0 spiro atoms. The summed E-state index contributed by atoms with van der Waals surface area (Å²) < 4.78 is 26.0. The molecule has 2 nitrogen and oxygen atoms in total. The van der Waals surface area contributed by atoms with Gasteiger partial charge in [-0.1, -0.05) is 0 Å². The van der Waals surface area contributed by atoms with Crippen molar-refractivity contribution in [2.75, 3.05) is 0 Å². The summed E-state index contributed by atoms with van der Waals surface area (Å²) in [6, 6.07) is 0. The van der Waals surface area contributed by atoms with Crippen molar-refractivity contribution in [3.63, 3.8) is 0 Å². The monoisotopic (exact) mass is 425 g/mol. The molecule has 12 radical (unpaired) electrons. The fourth-order valence-corrected chi connectivity index (χ4v) is 0.642. The summed E-state index contributed by atoms with van der Waals surface area (Å²) in [7, 11) is 5.00. The van der Waals surface area contributed by atoms with Gasteiger partial charge in [0.15, 0.2) is 0 Å². The fraction of sp³-hybridized carbons (Fsp3) is 0. The molecule has 0 aliphatic heterocycles. The van der Waals surface area contributed by atoms with Crippen molar-refractivity contribution in [1.29, 1.82) is 0 Å². The van der Waals surface area contributed by atoms with Crippen molar-refractivity contribution in [2.24, 2.45) is 0 Å². The Kier molecular flexibility index (Phi) is 65.0. The first-order valence-electron chi connectivity index (χ1n) is 5.16. The van der Waals surface area contributed by atoms with E-state index in [1.54, 1.807) is 0 Å². The Morgan fingerprint density at radius 3 is 0.667 bits per heavy atom. The zero-order valence-electron chi connectivity index (χ0n) is 11.7. The Morgan fingerprint density at radius 2 is 0.611 bits per heavy atom. The summed E-state index contributed by atoms with van der Waals surface area (Å²) in [5.41, 5.74) is 0. The van der Waals surface area contributed by atoms with E-state index in [-0.39, 0.29) is 39.0 Å². The van der Waals surface area contributed by atoms with Gasteiger partial charge in [-0.3, -0.25) is 0 Å². The van der Waals surface area contributed by atoms with E-state index in [2.05, 4.69) is 28.1 Å². The molecule has 0 aromatic heterocycles. The molecule has 0 bridgehead atoms. The van der Waals surface area contributed by atoms with Gasteiger partial charge in [-0.2, -0.15) is 0 Å². The van der Waals surface area contributed by atoms with Gasteiger partial charge in [0.05, 0.1) is 0 Å². The molecule has 2 rings (SSSR count). The molecule has 98 valence electrons. The van der Waals surface area contributed by atoms with Gasteiger partial charge < -0.3 is 14.8 Å². The van der Waals surface area contributed by atoms with Crippen LogP contribution in [0.5, 0.6) is 0 Å². The fourth-order valence-electron chi connectivity index (χ4n) is 0.642. The molecule has 0 saturated heterocycles. The standard InChI is InChI=1S/2C5H5.2CO.2CH3.2Ru/c2*1-2-4-5-3-1;2*1-2;;;;/h2*1-5H;;;2*1H3;;/q;;;;2*-1;+1;+3/i;;2*1+1;1+1D;1D;;. The van der Waals surface area contributed by atoms with Crippen LogP contribution in [0.15, 0.2) is 0 Å². The third kappa shape index (κ3) is 36.0. The van der Waals surface area contributed by atoms with Crippen molar-refractivity contribution >= 4 is 0 Å². The average Bonchev–Trinajstić information content (AvgIpc) is 3.25. The molecule has 0 aromatic carbocycles. The molecule has 0 N–H and O–H groups in total. The number of hydrogen-bond acceptors (Lipinski definition) is 0. The Labute approximate surface area is 143 Å². The van der Waals surface area contributed by atoms with E-state index in [1.807, 2.05) is 64.2 Å². The van der Waals surface area contributed by atoms with Crippen LogP contribution in [-0.4, -0.2) is 0 Å². The maximum Gasteiger partial charge on any atom is 3.00 e. The smallest absolute Gasteiger partial charge is 0.358 e. The Morgan fingerprint density at radius 1 is 0.556 bits per heavy atom. The molecule has 2 saturated carbocycles. The molecule has 0 atom stereocenters. The summed E-state index contributed by atoms with van der Waals surface area (Å²) in [4.78, 5) is 0. The Balaban J connectivity index is -0.0000000311. The third-order valence-corrected chi connectivity index (χ3v) is 1.11. The van der Waals surface area contributed by atoms with Gasteiger partial charge in [-0.05, 0) is 64.2 Å². The zero-order chi connectivity index (χ0) is 15.1. The average molecular weight is 423 g/mol. The van der Waals surface area contributed by atoms with Crippen LogP contribution < -0.4 is 0 Å². The third-order valence-electron chi connectivity index (χ3n) is 1.11. The second-order valence-corrected chi connectivity index (χ2v) is 1.92. The summed E-state index contributed by atoms with van der Waals surface area (Å²) in [6.07, 6.45) is 20.0. The van der Waals surface area contributed by atoms with Gasteiger partial charge in [0.1, 0.15) is 0 Å². The molecule has 0 aromatic rings.